The molecule has 0 spiro atoms. The molecule has 5 rings (SSSR count). The number of rotatable bonds is 8. The predicted octanol–water partition coefficient (Wildman–Crippen LogP) is 3.77. The molecule has 0 N–H and O–H groups in total. The van der Waals surface area contributed by atoms with E-state index in [1.807, 2.05) is 46.6 Å². The monoisotopic (exact) mass is 508 g/mol. The topological polar surface area (TPSA) is 88.1 Å². The van der Waals surface area contributed by atoms with Crippen LogP contribution in [0.15, 0.2) is 30.9 Å². The Morgan fingerprint density at radius 3 is 2.75 bits per heavy atom. The molecule has 1 fully saturated rings. The Morgan fingerprint density at radius 1 is 1.19 bits per heavy atom. The van der Waals surface area contributed by atoms with Gasteiger partial charge in [0.25, 0.3) is 0 Å². The summed E-state index contributed by atoms with van der Waals surface area (Å²) in [6.45, 7) is 12.5. The summed E-state index contributed by atoms with van der Waals surface area (Å²) in [6.07, 6.45) is 5.51. The summed E-state index contributed by atoms with van der Waals surface area (Å²) in [7, 11) is 2.82. The quantitative estimate of drug-likeness (QED) is 0.264. The van der Waals surface area contributed by atoms with E-state index in [9.17, 15) is 0 Å². The van der Waals surface area contributed by atoms with Crippen LogP contribution >= 0.6 is 0 Å². The number of pyridine rings is 1. The first-order valence-corrected chi connectivity index (χ1v) is 16.2. The number of aromatic nitrogens is 7. The molecule has 0 aromatic carbocycles. The van der Waals surface area contributed by atoms with Gasteiger partial charge < -0.3 is 18.9 Å². The molecule has 1 aliphatic heterocycles. The van der Waals surface area contributed by atoms with Crippen molar-refractivity contribution in [3.05, 3.63) is 30.9 Å². The lowest BCUT2D eigenvalue weighted by Crippen LogP contribution is -2.44. The number of imidazole rings is 1. The van der Waals surface area contributed by atoms with Crippen molar-refractivity contribution in [1.82, 2.24) is 34.1 Å². The van der Waals surface area contributed by atoms with Crippen molar-refractivity contribution in [2.24, 2.45) is 14.1 Å². The van der Waals surface area contributed by atoms with E-state index in [1.165, 1.54) is 0 Å². The average molecular weight is 509 g/mol. The van der Waals surface area contributed by atoms with E-state index in [0.717, 1.165) is 58.7 Å². The standard InChI is InChI=1S/C25H36N8O2Si/c1-18-15-34-10-9-32(18)22-13-19(21-14-26-16-30(21)2)25-24(28-22)23(29-31(25)3)20-7-8-27-33(20)17-35-11-12-36(4,5)6/h7-8,13-14,16,18H,9-12,15,17H2,1-6H3/t18-/m1/s1. The normalized spacial score (nSPS) is 16.8. The van der Waals surface area contributed by atoms with Crippen LogP contribution in [0.4, 0.5) is 5.82 Å². The molecule has 0 unspecified atom stereocenters. The zero-order valence-corrected chi connectivity index (χ0v) is 23.1. The first kappa shape index (κ1) is 24.7. The minimum absolute atomic E-state index is 0.230. The highest BCUT2D eigenvalue weighted by molar-refractivity contribution is 6.76. The maximum absolute atomic E-state index is 6.01. The molecule has 4 aromatic rings. The smallest absolute Gasteiger partial charge is 0.140 e. The Kier molecular flexibility index (Phi) is 6.71. The first-order chi connectivity index (χ1) is 17.2. The molecule has 10 nitrogen and oxygen atoms in total. The maximum atomic E-state index is 6.01. The van der Waals surface area contributed by atoms with Crippen molar-refractivity contribution in [2.45, 2.75) is 45.4 Å². The maximum Gasteiger partial charge on any atom is 0.140 e. The van der Waals surface area contributed by atoms with Crippen LogP contribution in [0.1, 0.15) is 6.92 Å². The van der Waals surface area contributed by atoms with E-state index in [2.05, 4.69) is 47.6 Å². The van der Waals surface area contributed by atoms with Gasteiger partial charge in [-0.2, -0.15) is 10.2 Å². The third kappa shape index (κ3) is 4.82. The molecule has 0 bridgehead atoms. The van der Waals surface area contributed by atoms with E-state index in [0.29, 0.717) is 19.9 Å². The lowest BCUT2D eigenvalue weighted by molar-refractivity contribution is 0.0797. The Hall–Kier alpha value is -3.02. The lowest BCUT2D eigenvalue weighted by atomic mass is 10.1. The summed E-state index contributed by atoms with van der Waals surface area (Å²) < 4.78 is 17.5. The SMILES string of the molecule is C[C@@H]1COCCN1c1cc(-c2cncn2C)c2c(n1)c(-c1ccnn1COCC[Si](C)(C)C)nn2C. The molecule has 0 aliphatic carbocycles. The third-order valence-electron chi connectivity index (χ3n) is 6.70. The molecule has 1 aliphatic rings. The van der Waals surface area contributed by atoms with Crippen molar-refractivity contribution in [3.8, 4) is 22.6 Å². The van der Waals surface area contributed by atoms with Gasteiger partial charge in [-0.3, -0.25) is 4.68 Å². The Balaban J connectivity index is 1.60. The van der Waals surface area contributed by atoms with E-state index < -0.39 is 8.07 Å². The van der Waals surface area contributed by atoms with Crippen molar-refractivity contribution < 1.29 is 9.47 Å². The largest absolute Gasteiger partial charge is 0.377 e. The lowest BCUT2D eigenvalue weighted by Gasteiger charge is -2.34. The summed E-state index contributed by atoms with van der Waals surface area (Å²) in [5.41, 5.74) is 5.56. The van der Waals surface area contributed by atoms with Gasteiger partial charge in [-0.25, -0.2) is 14.6 Å². The molecule has 5 heterocycles. The molecule has 0 radical (unpaired) electrons. The van der Waals surface area contributed by atoms with Gasteiger partial charge in [0.2, 0.25) is 0 Å². The van der Waals surface area contributed by atoms with Crippen LogP contribution < -0.4 is 4.90 Å². The zero-order chi connectivity index (χ0) is 25.4. The fraction of sp³-hybridized carbons (Fsp3) is 0.520. The summed E-state index contributed by atoms with van der Waals surface area (Å²) in [5.74, 6) is 0.918. The highest BCUT2D eigenvalue weighted by Crippen LogP contribution is 2.36. The molecular weight excluding hydrogens is 472 g/mol. The summed E-state index contributed by atoms with van der Waals surface area (Å²) in [6, 6.07) is 5.49. The Labute approximate surface area is 212 Å². The number of aryl methyl sites for hydroxylation is 2. The van der Waals surface area contributed by atoms with Gasteiger partial charge in [0.1, 0.15) is 23.8 Å². The van der Waals surface area contributed by atoms with E-state index in [1.54, 1.807) is 6.20 Å². The van der Waals surface area contributed by atoms with Gasteiger partial charge in [0, 0.05) is 47.1 Å². The molecular formula is C25H36N8O2Si. The van der Waals surface area contributed by atoms with Gasteiger partial charge in [-0.05, 0) is 25.1 Å². The summed E-state index contributed by atoms with van der Waals surface area (Å²) in [4.78, 5) is 11.9. The van der Waals surface area contributed by atoms with Gasteiger partial charge in [-0.15, -0.1) is 0 Å². The fourth-order valence-corrected chi connectivity index (χ4v) is 5.39. The van der Waals surface area contributed by atoms with Crippen LogP contribution in [-0.2, 0) is 30.3 Å². The Bertz CT molecular complexity index is 1350. The minimum atomic E-state index is -1.16. The highest BCUT2D eigenvalue weighted by atomic mass is 28.3. The van der Waals surface area contributed by atoms with Crippen molar-refractivity contribution in [3.63, 3.8) is 0 Å². The van der Waals surface area contributed by atoms with Gasteiger partial charge in [0.15, 0.2) is 0 Å². The Morgan fingerprint density at radius 2 is 2.03 bits per heavy atom. The van der Waals surface area contributed by atoms with Crippen molar-refractivity contribution >= 4 is 24.9 Å². The van der Waals surface area contributed by atoms with E-state index in [-0.39, 0.29) is 6.04 Å². The fourth-order valence-electron chi connectivity index (χ4n) is 4.63. The molecule has 36 heavy (non-hydrogen) atoms. The summed E-state index contributed by atoms with van der Waals surface area (Å²) >= 11 is 0. The second kappa shape index (κ2) is 9.79. The number of hydrogen-bond acceptors (Lipinski definition) is 7. The summed E-state index contributed by atoms with van der Waals surface area (Å²) in [5, 5.41) is 9.48. The molecule has 0 saturated carbocycles. The minimum Gasteiger partial charge on any atom is -0.377 e. The number of hydrogen-bond donors (Lipinski definition) is 0. The van der Waals surface area contributed by atoms with Crippen molar-refractivity contribution in [1.29, 1.82) is 0 Å². The van der Waals surface area contributed by atoms with Crippen LogP contribution in [0, 0.1) is 0 Å². The van der Waals surface area contributed by atoms with Crippen LogP contribution in [0.3, 0.4) is 0 Å². The van der Waals surface area contributed by atoms with E-state index >= 15 is 0 Å². The second-order valence-electron chi connectivity index (χ2n) is 10.8. The van der Waals surface area contributed by atoms with Crippen LogP contribution in [0.2, 0.25) is 25.7 Å². The number of anilines is 1. The van der Waals surface area contributed by atoms with E-state index in [4.69, 9.17) is 19.6 Å². The molecule has 192 valence electrons. The van der Waals surface area contributed by atoms with Crippen LogP contribution in [0.5, 0.6) is 0 Å². The number of morpholine rings is 1. The number of fused-ring (bicyclic) bond motifs is 1. The second-order valence-corrected chi connectivity index (χ2v) is 16.4. The average Bonchev–Trinajstić information content (AvgIpc) is 3.55. The van der Waals surface area contributed by atoms with Gasteiger partial charge in [-0.1, -0.05) is 19.6 Å². The zero-order valence-electron chi connectivity index (χ0n) is 22.1. The molecule has 1 atom stereocenters. The molecule has 0 amide bonds. The predicted molar refractivity (Wildman–Crippen MR) is 144 cm³/mol. The molecule has 1 saturated heterocycles. The van der Waals surface area contributed by atoms with Gasteiger partial charge in [0.05, 0.1) is 48.7 Å². The third-order valence-corrected chi connectivity index (χ3v) is 8.40. The number of nitrogens with zero attached hydrogens (tertiary/aromatic N) is 8. The van der Waals surface area contributed by atoms with Crippen LogP contribution in [-0.4, -0.2) is 74.6 Å². The molecule has 4 aromatic heterocycles. The number of ether oxygens (including phenoxy) is 2. The van der Waals surface area contributed by atoms with Crippen LogP contribution in [0.25, 0.3) is 33.7 Å². The molecule has 11 heteroatoms. The van der Waals surface area contributed by atoms with Gasteiger partial charge >= 0.3 is 0 Å². The highest BCUT2D eigenvalue weighted by Gasteiger charge is 2.26. The van der Waals surface area contributed by atoms with Crippen molar-refractivity contribution in [2.75, 3.05) is 31.3 Å². The first-order valence-electron chi connectivity index (χ1n) is 12.5.